The fourth-order valence-electron chi connectivity index (χ4n) is 2.92. The van der Waals surface area contributed by atoms with Crippen molar-refractivity contribution in [2.75, 3.05) is 13.1 Å². The first-order chi connectivity index (χ1) is 12.1. The van der Waals surface area contributed by atoms with Crippen molar-refractivity contribution < 1.29 is 9.53 Å². The summed E-state index contributed by atoms with van der Waals surface area (Å²) < 4.78 is 7.59. The highest BCUT2D eigenvalue weighted by Crippen LogP contribution is 2.20. The predicted molar refractivity (Wildman–Crippen MR) is 102 cm³/mol. The van der Waals surface area contributed by atoms with E-state index in [1.165, 1.54) is 0 Å². The molecule has 0 radical (unpaired) electrons. The van der Waals surface area contributed by atoms with Crippen molar-refractivity contribution in [1.82, 2.24) is 25.6 Å². The average Bonchev–Trinajstić information content (AvgIpc) is 3.11. The second-order valence-electron chi connectivity index (χ2n) is 6.52. The van der Waals surface area contributed by atoms with Gasteiger partial charge in [-0.2, -0.15) is 0 Å². The Morgan fingerprint density at radius 1 is 1.35 bits per heavy atom. The summed E-state index contributed by atoms with van der Waals surface area (Å²) >= 11 is 0. The van der Waals surface area contributed by atoms with E-state index < -0.39 is 0 Å². The molecule has 1 aliphatic heterocycles. The summed E-state index contributed by atoms with van der Waals surface area (Å²) in [6.07, 6.45) is 3.83. The minimum Gasteiger partial charge on any atom is -0.491 e. The quantitative estimate of drug-likeness (QED) is 0.805. The third kappa shape index (κ3) is 5.19. The molecule has 3 rings (SSSR count). The Balaban J connectivity index is 0.00000243. The van der Waals surface area contributed by atoms with Crippen LogP contribution in [0.2, 0.25) is 0 Å². The van der Waals surface area contributed by atoms with Gasteiger partial charge in [0.2, 0.25) is 0 Å². The molecule has 8 heteroatoms. The molecule has 2 N–H and O–H groups in total. The van der Waals surface area contributed by atoms with Crippen molar-refractivity contribution >= 4 is 18.3 Å². The van der Waals surface area contributed by atoms with E-state index in [0.29, 0.717) is 18.3 Å². The Morgan fingerprint density at radius 2 is 2.08 bits per heavy atom. The number of hydrogen-bond acceptors (Lipinski definition) is 5. The van der Waals surface area contributed by atoms with E-state index in [4.69, 9.17) is 4.74 Å². The molecule has 1 amide bonds. The van der Waals surface area contributed by atoms with Gasteiger partial charge in [-0.1, -0.05) is 23.4 Å². The van der Waals surface area contributed by atoms with Crippen molar-refractivity contribution in [2.24, 2.45) is 0 Å². The van der Waals surface area contributed by atoms with Crippen LogP contribution in [0.15, 0.2) is 30.5 Å². The van der Waals surface area contributed by atoms with Gasteiger partial charge in [0.05, 0.1) is 18.3 Å². The summed E-state index contributed by atoms with van der Waals surface area (Å²) in [4.78, 5) is 12.4. The molecular weight excluding hydrogens is 354 g/mol. The van der Waals surface area contributed by atoms with Crippen LogP contribution >= 0.6 is 12.4 Å². The van der Waals surface area contributed by atoms with E-state index in [9.17, 15) is 4.79 Å². The lowest BCUT2D eigenvalue weighted by Gasteiger charge is -2.22. The molecule has 0 bridgehead atoms. The number of benzene rings is 1. The van der Waals surface area contributed by atoms with Gasteiger partial charge in [0, 0.05) is 12.1 Å². The van der Waals surface area contributed by atoms with Gasteiger partial charge in [-0.3, -0.25) is 4.79 Å². The largest absolute Gasteiger partial charge is 0.491 e. The van der Waals surface area contributed by atoms with Crippen molar-refractivity contribution in [1.29, 1.82) is 0 Å². The summed E-state index contributed by atoms with van der Waals surface area (Å²) in [5, 5.41) is 14.4. The van der Waals surface area contributed by atoms with Gasteiger partial charge >= 0.3 is 0 Å². The molecule has 1 saturated heterocycles. The minimum atomic E-state index is -0.223. The van der Waals surface area contributed by atoms with Crippen LogP contribution < -0.4 is 15.4 Å². The van der Waals surface area contributed by atoms with E-state index in [1.807, 2.05) is 42.8 Å². The number of halogens is 1. The number of carbonyl (C=O) groups is 1. The highest BCUT2D eigenvalue weighted by atomic mass is 35.5. The molecular formula is C18H26ClN5O2. The predicted octanol–water partition coefficient (Wildman–Crippen LogP) is 2.34. The number of carbonyl (C=O) groups excluding carboxylic acids is 1. The standard InChI is InChI=1S/C18H25N5O2.ClH/c1-13(2)25-17-6-4-3-5-14(17)11-20-18(24)16-12-23(22-21-16)15-7-9-19-10-8-15;/h3-6,12-13,15,19H,7-11H2,1-2H3,(H,20,24);1H. The van der Waals surface area contributed by atoms with Crippen molar-refractivity contribution in [3.63, 3.8) is 0 Å². The van der Waals surface area contributed by atoms with Crippen LogP contribution in [-0.4, -0.2) is 40.1 Å². The first-order valence-electron chi connectivity index (χ1n) is 8.79. The van der Waals surface area contributed by atoms with Gasteiger partial charge < -0.3 is 15.4 Å². The molecule has 0 saturated carbocycles. The maximum absolute atomic E-state index is 12.4. The van der Waals surface area contributed by atoms with Gasteiger partial charge in [-0.05, 0) is 45.8 Å². The topological polar surface area (TPSA) is 81.1 Å². The smallest absolute Gasteiger partial charge is 0.273 e. The molecule has 1 aromatic carbocycles. The van der Waals surface area contributed by atoms with Crippen LogP contribution in [0, 0.1) is 0 Å². The van der Waals surface area contributed by atoms with Crippen molar-refractivity contribution in [3.05, 3.63) is 41.7 Å². The number of para-hydroxylation sites is 1. The third-order valence-corrected chi connectivity index (χ3v) is 4.20. The molecule has 1 fully saturated rings. The Morgan fingerprint density at radius 3 is 2.81 bits per heavy atom. The van der Waals surface area contributed by atoms with E-state index in [2.05, 4.69) is 20.9 Å². The number of piperidine rings is 1. The highest BCUT2D eigenvalue weighted by Gasteiger charge is 2.18. The molecule has 0 aliphatic carbocycles. The second-order valence-corrected chi connectivity index (χ2v) is 6.52. The average molecular weight is 380 g/mol. The summed E-state index contributed by atoms with van der Waals surface area (Å²) in [5.41, 5.74) is 1.29. The number of hydrogen-bond donors (Lipinski definition) is 2. The minimum absolute atomic E-state index is 0. The Labute approximate surface area is 159 Å². The summed E-state index contributed by atoms with van der Waals surface area (Å²) in [7, 11) is 0. The lowest BCUT2D eigenvalue weighted by atomic mass is 10.1. The molecule has 2 aromatic rings. The second kappa shape index (κ2) is 9.54. The van der Waals surface area contributed by atoms with Gasteiger partial charge in [0.1, 0.15) is 5.75 Å². The lowest BCUT2D eigenvalue weighted by Crippen LogP contribution is -2.29. The van der Waals surface area contributed by atoms with Crippen LogP contribution in [0.25, 0.3) is 0 Å². The zero-order valence-corrected chi connectivity index (χ0v) is 16.0. The van der Waals surface area contributed by atoms with E-state index in [0.717, 1.165) is 37.2 Å². The van der Waals surface area contributed by atoms with Crippen molar-refractivity contribution in [3.8, 4) is 5.75 Å². The van der Waals surface area contributed by atoms with Crippen LogP contribution in [0.5, 0.6) is 5.75 Å². The molecule has 142 valence electrons. The maximum Gasteiger partial charge on any atom is 0.273 e. The summed E-state index contributed by atoms with van der Waals surface area (Å²) in [6.45, 7) is 6.29. The molecule has 26 heavy (non-hydrogen) atoms. The fourth-order valence-corrected chi connectivity index (χ4v) is 2.92. The molecule has 0 atom stereocenters. The molecule has 1 aromatic heterocycles. The van der Waals surface area contributed by atoms with Crippen molar-refractivity contribution in [2.45, 2.75) is 45.4 Å². The van der Waals surface area contributed by atoms with Gasteiger partial charge in [0.25, 0.3) is 5.91 Å². The normalized spacial score (nSPS) is 14.7. The van der Waals surface area contributed by atoms with E-state index in [1.54, 1.807) is 6.20 Å². The van der Waals surface area contributed by atoms with E-state index in [-0.39, 0.29) is 24.4 Å². The molecule has 2 heterocycles. The number of ether oxygens (including phenoxy) is 1. The maximum atomic E-state index is 12.4. The zero-order chi connectivity index (χ0) is 17.6. The number of nitrogens with one attached hydrogen (secondary N) is 2. The number of rotatable bonds is 6. The van der Waals surface area contributed by atoms with Crippen LogP contribution in [0.3, 0.4) is 0 Å². The zero-order valence-electron chi connectivity index (χ0n) is 15.1. The van der Waals surface area contributed by atoms with Gasteiger partial charge in [-0.25, -0.2) is 4.68 Å². The monoisotopic (exact) mass is 379 g/mol. The Hall–Kier alpha value is -2.12. The van der Waals surface area contributed by atoms with Crippen LogP contribution in [0.4, 0.5) is 0 Å². The fraction of sp³-hybridized carbons (Fsp3) is 0.500. The Kier molecular flexibility index (Phi) is 7.41. The number of amides is 1. The number of aromatic nitrogens is 3. The van der Waals surface area contributed by atoms with Crippen LogP contribution in [0.1, 0.15) is 48.8 Å². The first kappa shape index (κ1) is 20.2. The molecule has 7 nitrogen and oxygen atoms in total. The molecule has 0 spiro atoms. The SMILES string of the molecule is CC(C)Oc1ccccc1CNC(=O)c1cn(C2CCNCC2)nn1.Cl. The summed E-state index contributed by atoms with van der Waals surface area (Å²) in [5.74, 6) is 0.565. The van der Waals surface area contributed by atoms with Gasteiger partial charge in [-0.15, -0.1) is 17.5 Å². The molecule has 0 unspecified atom stereocenters. The van der Waals surface area contributed by atoms with Crippen LogP contribution in [-0.2, 0) is 6.54 Å². The lowest BCUT2D eigenvalue weighted by molar-refractivity contribution is 0.0945. The first-order valence-corrected chi connectivity index (χ1v) is 8.79. The van der Waals surface area contributed by atoms with E-state index >= 15 is 0 Å². The van der Waals surface area contributed by atoms with Gasteiger partial charge in [0.15, 0.2) is 5.69 Å². The summed E-state index contributed by atoms with van der Waals surface area (Å²) in [6, 6.07) is 8.03. The Bertz CT molecular complexity index is 713. The highest BCUT2D eigenvalue weighted by molar-refractivity contribution is 5.91. The number of nitrogens with zero attached hydrogens (tertiary/aromatic N) is 3. The third-order valence-electron chi connectivity index (χ3n) is 4.20. The molecule has 1 aliphatic rings.